The summed E-state index contributed by atoms with van der Waals surface area (Å²) in [4.78, 5) is 5.06. The molecule has 2 heterocycles. The van der Waals surface area contributed by atoms with Crippen LogP contribution in [0.2, 0.25) is 0 Å². The van der Waals surface area contributed by atoms with Gasteiger partial charge in [0, 0.05) is 58.9 Å². The quantitative estimate of drug-likeness (QED) is 0.133. The monoisotopic (exact) mass is 1070 g/mol. The number of anilines is 6. The normalized spacial score (nSPS) is 12.7. The third kappa shape index (κ3) is 7.45. The maximum Gasteiger partial charge on any atom is 0.0640 e. The van der Waals surface area contributed by atoms with Gasteiger partial charge in [-0.15, -0.1) is 22.7 Å². The van der Waals surface area contributed by atoms with E-state index in [4.69, 9.17) is 0 Å². The highest BCUT2D eigenvalue weighted by molar-refractivity contribution is 7.26. The summed E-state index contributed by atoms with van der Waals surface area (Å²) in [6, 6.07) is 104. The molecule has 382 valence electrons. The van der Waals surface area contributed by atoms with E-state index in [0.717, 1.165) is 28.4 Å². The molecule has 13 aromatic carbocycles. The van der Waals surface area contributed by atoms with Crippen LogP contribution >= 0.6 is 22.7 Å². The summed E-state index contributed by atoms with van der Waals surface area (Å²) in [5, 5.41) is 10.2. The highest BCUT2D eigenvalue weighted by Crippen LogP contribution is 2.58. The number of rotatable bonds is 9. The highest BCUT2D eigenvalue weighted by Gasteiger charge is 2.37. The fraction of sp³-hybridized carbons (Fsp3) is 0.0390. The van der Waals surface area contributed by atoms with Crippen LogP contribution in [0.15, 0.2) is 279 Å². The Bertz CT molecular complexity index is 4980. The number of thiophene rings is 2. The van der Waals surface area contributed by atoms with Gasteiger partial charge < -0.3 is 9.80 Å². The summed E-state index contributed by atoms with van der Waals surface area (Å²) in [5.41, 5.74) is 18.8. The van der Waals surface area contributed by atoms with Crippen molar-refractivity contribution >= 4 is 119 Å². The third-order valence-corrected chi connectivity index (χ3v) is 19.5. The largest absolute Gasteiger partial charge is 0.308 e. The molecule has 0 bridgehead atoms. The molecule has 16 rings (SSSR count). The first-order valence-corrected chi connectivity index (χ1v) is 29.5. The van der Waals surface area contributed by atoms with Crippen molar-refractivity contribution in [1.82, 2.24) is 0 Å². The Kier molecular flexibility index (Phi) is 11.0. The lowest BCUT2D eigenvalue weighted by atomic mass is 9.66. The minimum atomic E-state index is -0.386. The van der Waals surface area contributed by atoms with Crippen molar-refractivity contribution in [1.29, 1.82) is 0 Å². The molecule has 0 unspecified atom stereocenters. The zero-order chi connectivity index (χ0) is 53.8. The topological polar surface area (TPSA) is 6.48 Å². The molecule has 81 heavy (non-hydrogen) atoms. The van der Waals surface area contributed by atoms with E-state index >= 15 is 0 Å². The SMILES string of the molecule is CC1(C)c2cc(N(c3ccccc3-c3ccccc3)c3cccc4c3sc3ccccc34)ccc2-c2c(-c3ccccc3)c3ccc(N(c4ccccc4-c4ccccc4)c4cccc5c4sc4ccccc45)cc3c3cccc1c23. The van der Waals surface area contributed by atoms with Gasteiger partial charge in [-0.1, -0.05) is 232 Å². The lowest BCUT2D eigenvalue weighted by Gasteiger charge is -2.38. The summed E-state index contributed by atoms with van der Waals surface area (Å²) in [6.07, 6.45) is 0. The van der Waals surface area contributed by atoms with Gasteiger partial charge >= 0.3 is 0 Å². The molecule has 0 N–H and O–H groups in total. The lowest BCUT2D eigenvalue weighted by molar-refractivity contribution is 0.645. The molecular formula is C77H52N2S2. The van der Waals surface area contributed by atoms with Gasteiger partial charge in [0.1, 0.15) is 0 Å². The van der Waals surface area contributed by atoms with Gasteiger partial charge in [0.05, 0.1) is 32.1 Å². The molecule has 1 aliphatic rings. The van der Waals surface area contributed by atoms with Crippen LogP contribution in [0.5, 0.6) is 0 Å². The van der Waals surface area contributed by atoms with Crippen LogP contribution in [0.3, 0.4) is 0 Å². The summed E-state index contributed by atoms with van der Waals surface area (Å²) in [5.74, 6) is 0. The summed E-state index contributed by atoms with van der Waals surface area (Å²) in [7, 11) is 0. The maximum atomic E-state index is 2.54. The number of fused-ring (bicyclic) bond motifs is 10. The van der Waals surface area contributed by atoms with E-state index in [-0.39, 0.29) is 5.41 Å². The third-order valence-electron chi connectivity index (χ3n) is 17.0. The maximum absolute atomic E-state index is 2.54. The molecule has 15 aromatic rings. The smallest absolute Gasteiger partial charge is 0.0640 e. The second-order valence-corrected chi connectivity index (χ2v) is 24.0. The number of nitrogens with zero attached hydrogens (tertiary/aromatic N) is 2. The molecule has 0 amide bonds. The zero-order valence-corrected chi connectivity index (χ0v) is 46.4. The van der Waals surface area contributed by atoms with E-state index in [1.165, 1.54) is 123 Å². The van der Waals surface area contributed by atoms with Crippen LogP contribution < -0.4 is 9.80 Å². The average Bonchev–Trinajstić information content (AvgIpc) is 3.46. The van der Waals surface area contributed by atoms with E-state index in [1.807, 2.05) is 22.7 Å². The van der Waals surface area contributed by atoms with E-state index in [0.29, 0.717) is 0 Å². The Labute approximate surface area is 479 Å². The van der Waals surface area contributed by atoms with Gasteiger partial charge in [-0.2, -0.15) is 0 Å². The summed E-state index contributed by atoms with van der Waals surface area (Å²) < 4.78 is 5.12. The van der Waals surface area contributed by atoms with Crippen molar-refractivity contribution in [3.63, 3.8) is 0 Å². The van der Waals surface area contributed by atoms with E-state index < -0.39 is 0 Å². The van der Waals surface area contributed by atoms with Crippen molar-refractivity contribution in [3.8, 4) is 44.5 Å². The second kappa shape index (κ2) is 18.8. The van der Waals surface area contributed by atoms with Gasteiger partial charge in [-0.25, -0.2) is 0 Å². The van der Waals surface area contributed by atoms with Crippen LogP contribution in [0.25, 0.3) is 106 Å². The van der Waals surface area contributed by atoms with Crippen LogP contribution in [0.1, 0.15) is 25.0 Å². The molecule has 0 saturated carbocycles. The molecule has 2 nitrogen and oxygen atoms in total. The average molecular weight is 1070 g/mol. The molecule has 0 radical (unpaired) electrons. The standard InChI is InChI=1S/C77H52N2S2/c1-77(2)64-36-20-33-58-63-47-52(78(66-37-16-12-29-54(66)49-23-6-3-7-24-49)68-39-21-34-60-56-31-14-18-41-70(56)80-75(60)68)43-45-59(63)72(51-27-10-5-11-28-51)74(73(58)64)62-46-44-53(48-65(62)77)79(67-38-17-13-30-55(67)50-25-8-4-9-26-50)69-40-22-35-61-57-32-15-19-42-71(57)81-76(61)69/h3-48H,1-2H3. The van der Waals surface area contributed by atoms with E-state index in [9.17, 15) is 0 Å². The van der Waals surface area contributed by atoms with Gasteiger partial charge in [0.25, 0.3) is 0 Å². The summed E-state index contributed by atoms with van der Waals surface area (Å²) >= 11 is 3.76. The number of benzene rings is 13. The van der Waals surface area contributed by atoms with Crippen LogP contribution in [0, 0.1) is 0 Å². The first-order chi connectivity index (χ1) is 40.0. The lowest BCUT2D eigenvalue weighted by Crippen LogP contribution is -2.25. The second-order valence-electron chi connectivity index (χ2n) is 21.9. The number of para-hydroxylation sites is 2. The van der Waals surface area contributed by atoms with Crippen LogP contribution in [0.4, 0.5) is 34.1 Å². The van der Waals surface area contributed by atoms with Crippen molar-refractivity contribution in [2.75, 3.05) is 9.80 Å². The Morgan fingerprint density at radius 1 is 0.284 bits per heavy atom. The predicted octanol–water partition coefficient (Wildman–Crippen LogP) is 23.0. The van der Waals surface area contributed by atoms with E-state index in [2.05, 4.69) is 303 Å². The van der Waals surface area contributed by atoms with Gasteiger partial charge in [-0.05, 0) is 127 Å². The Morgan fingerprint density at radius 2 is 0.728 bits per heavy atom. The van der Waals surface area contributed by atoms with Gasteiger partial charge in [-0.3, -0.25) is 0 Å². The molecule has 0 saturated heterocycles. The molecule has 0 atom stereocenters. The molecule has 4 heteroatoms. The molecule has 0 aliphatic heterocycles. The highest BCUT2D eigenvalue weighted by atomic mass is 32.1. The Morgan fingerprint density at radius 3 is 1.31 bits per heavy atom. The molecule has 2 aromatic heterocycles. The fourth-order valence-electron chi connectivity index (χ4n) is 13.4. The number of hydrogen-bond acceptors (Lipinski definition) is 4. The van der Waals surface area contributed by atoms with Gasteiger partial charge in [0.2, 0.25) is 0 Å². The first kappa shape index (κ1) is 47.4. The summed E-state index contributed by atoms with van der Waals surface area (Å²) in [6.45, 7) is 4.89. The molecular weight excluding hydrogens is 1020 g/mol. The minimum Gasteiger partial charge on any atom is -0.308 e. The van der Waals surface area contributed by atoms with Crippen molar-refractivity contribution in [3.05, 3.63) is 290 Å². The van der Waals surface area contributed by atoms with Gasteiger partial charge in [0.15, 0.2) is 0 Å². The Hall–Kier alpha value is -9.58. The van der Waals surface area contributed by atoms with Crippen molar-refractivity contribution in [2.45, 2.75) is 19.3 Å². The van der Waals surface area contributed by atoms with E-state index in [1.54, 1.807) is 0 Å². The predicted molar refractivity (Wildman–Crippen MR) is 350 cm³/mol. The van der Waals surface area contributed by atoms with Crippen molar-refractivity contribution in [2.24, 2.45) is 0 Å². The Balaban J connectivity index is 0.955. The molecule has 1 aliphatic carbocycles. The number of hydrogen-bond donors (Lipinski definition) is 0. The molecule has 0 spiro atoms. The first-order valence-electron chi connectivity index (χ1n) is 27.9. The molecule has 0 fully saturated rings. The minimum absolute atomic E-state index is 0.386. The zero-order valence-electron chi connectivity index (χ0n) is 44.8. The van der Waals surface area contributed by atoms with Crippen LogP contribution in [-0.2, 0) is 5.41 Å². The fourth-order valence-corrected chi connectivity index (χ4v) is 15.8. The van der Waals surface area contributed by atoms with Crippen LogP contribution in [-0.4, -0.2) is 0 Å². The van der Waals surface area contributed by atoms with Crippen molar-refractivity contribution < 1.29 is 0 Å².